The molecule has 238 valence electrons. The number of morpholine rings is 1. The highest BCUT2D eigenvalue weighted by molar-refractivity contribution is 5.83. The van der Waals surface area contributed by atoms with Crippen molar-refractivity contribution in [2.75, 3.05) is 39.3 Å². The molecule has 4 aliphatic rings. The summed E-state index contributed by atoms with van der Waals surface area (Å²) < 4.78 is 53.2. The van der Waals surface area contributed by atoms with Crippen molar-refractivity contribution in [2.45, 2.75) is 68.5 Å². The summed E-state index contributed by atoms with van der Waals surface area (Å²) in [5, 5.41) is 24.6. The van der Waals surface area contributed by atoms with Gasteiger partial charge in [-0.3, -0.25) is 19.4 Å². The van der Waals surface area contributed by atoms with Gasteiger partial charge in [-0.15, -0.1) is 0 Å². The number of rotatable bonds is 4. The molecule has 4 saturated heterocycles. The van der Waals surface area contributed by atoms with Crippen LogP contribution in [0.2, 0.25) is 0 Å². The van der Waals surface area contributed by atoms with E-state index in [9.17, 15) is 33.0 Å². The number of aliphatic hydroxyl groups is 2. The van der Waals surface area contributed by atoms with E-state index in [1.807, 2.05) is 9.80 Å². The zero-order valence-corrected chi connectivity index (χ0v) is 24.2. The van der Waals surface area contributed by atoms with Crippen LogP contribution in [0.3, 0.4) is 0 Å². The number of aliphatic hydroxyl groups excluding tert-OH is 2. The second-order valence-corrected chi connectivity index (χ2v) is 12.2. The van der Waals surface area contributed by atoms with Crippen LogP contribution in [-0.2, 0) is 32.2 Å². The second kappa shape index (κ2) is 13.1. The predicted molar refractivity (Wildman–Crippen MR) is 150 cm³/mol. The predicted octanol–water partition coefficient (Wildman–Crippen LogP) is 0.786. The summed E-state index contributed by atoms with van der Waals surface area (Å²) in [5.41, 5.74) is 1.32. The highest BCUT2D eigenvalue weighted by Gasteiger charge is 2.46. The molecule has 6 bridgehead atoms. The first kappa shape index (κ1) is 30.9. The Morgan fingerprint density at radius 3 is 2.39 bits per heavy atom. The zero-order valence-electron chi connectivity index (χ0n) is 24.2. The van der Waals surface area contributed by atoms with Crippen molar-refractivity contribution in [3.05, 3.63) is 71.0 Å². The maximum Gasteiger partial charge on any atom is 0.240 e. The van der Waals surface area contributed by atoms with Crippen molar-refractivity contribution >= 4 is 11.8 Å². The third-order valence-electron chi connectivity index (χ3n) is 8.94. The Labute approximate surface area is 253 Å². The number of hydrogen-bond donors (Lipinski definition) is 3. The molecule has 0 saturated carbocycles. The van der Waals surface area contributed by atoms with Crippen LogP contribution in [0.4, 0.5) is 13.2 Å². The van der Waals surface area contributed by atoms with Gasteiger partial charge in [-0.1, -0.05) is 18.2 Å². The third kappa shape index (κ3) is 6.93. The molecule has 2 aromatic carbocycles. The monoisotopic (exact) mass is 618 g/mol. The van der Waals surface area contributed by atoms with Crippen LogP contribution in [0.5, 0.6) is 0 Å². The van der Waals surface area contributed by atoms with Gasteiger partial charge in [-0.25, -0.2) is 13.2 Å². The quantitative estimate of drug-likeness (QED) is 0.461. The van der Waals surface area contributed by atoms with Gasteiger partial charge in [-0.05, 0) is 41.8 Å². The maximum atomic E-state index is 14.0. The third-order valence-corrected chi connectivity index (χ3v) is 8.94. The summed E-state index contributed by atoms with van der Waals surface area (Å²) in [7, 11) is 0. The van der Waals surface area contributed by atoms with E-state index >= 15 is 0 Å². The van der Waals surface area contributed by atoms with Crippen molar-refractivity contribution in [1.29, 1.82) is 0 Å². The minimum atomic E-state index is -1.30. The van der Waals surface area contributed by atoms with Crippen LogP contribution in [-0.4, -0.2) is 119 Å². The lowest BCUT2D eigenvalue weighted by molar-refractivity contribution is -0.145. The molecule has 4 heterocycles. The molecule has 13 heteroatoms. The Balaban J connectivity index is 1.26. The van der Waals surface area contributed by atoms with Crippen LogP contribution in [0.15, 0.2) is 42.5 Å². The summed E-state index contributed by atoms with van der Waals surface area (Å²) in [6.07, 6.45) is -4.64. The number of carbonyl (C=O) groups excluding carboxylic acids is 2. The second-order valence-electron chi connectivity index (χ2n) is 12.2. The number of nitrogens with one attached hydrogen (secondary N) is 1. The lowest BCUT2D eigenvalue weighted by atomic mass is 10.0. The lowest BCUT2D eigenvalue weighted by Crippen LogP contribution is -2.54. The van der Waals surface area contributed by atoms with Crippen molar-refractivity contribution in [2.24, 2.45) is 0 Å². The maximum absolute atomic E-state index is 14.0. The molecular weight excluding hydrogens is 581 g/mol. The summed E-state index contributed by atoms with van der Waals surface area (Å²) in [6.45, 7) is 2.30. The van der Waals surface area contributed by atoms with Gasteiger partial charge < -0.3 is 29.9 Å². The number of benzene rings is 2. The normalized spacial score (nSPS) is 32.2. The Kier molecular flexibility index (Phi) is 9.22. The number of hydrogen-bond acceptors (Lipinski definition) is 8. The smallest absolute Gasteiger partial charge is 0.240 e. The molecule has 0 unspecified atom stereocenters. The highest BCUT2D eigenvalue weighted by atomic mass is 19.2. The van der Waals surface area contributed by atoms with Crippen LogP contribution in [0, 0.1) is 17.5 Å². The fraction of sp³-hybridized carbons (Fsp3) is 0.548. The molecule has 6 rings (SSSR count). The van der Waals surface area contributed by atoms with E-state index in [2.05, 4.69) is 5.32 Å². The Bertz CT molecular complexity index is 1350. The number of ether oxygens (including phenoxy) is 2. The summed E-state index contributed by atoms with van der Waals surface area (Å²) in [6, 6.07) is 8.83. The van der Waals surface area contributed by atoms with Crippen LogP contribution >= 0.6 is 0 Å². The largest absolute Gasteiger partial charge is 0.388 e. The fourth-order valence-electron chi connectivity index (χ4n) is 6.76. The van der Waals surface area contributed by atoms with E-state index in [0.717, 1.165) is 17.7 Å². The van der Waals surface area contributed by atoms with Gasteiger partial charge in [-0.2, -0.15) is 0 Å². The molecule has 3 N–H and O–H groups in total. The Morgan fingerprint density at radius 2 is 1.61 bits per heavy atom. The molecule has 0 spiro atoms. The summed E-state index contributed by atoms with van der Waals surface area (Å²) in [5.74, 6) is -2.77. The van der Waals surface area contributed by atoms with Gasteiger partial charge in [0.15, 0.2) is 11.6 Å². The van der Waals surface area contributed by atoms with Crippen molar-refractivity contribution in [1.82, 2.24) is 20.0 Å². The van der Waals surface area contributed by atoms with E-state index in [4.69, 9.17) is 9.47 Å². The molecule has 0 aliphatic carbocycles. The number of nitrogens with zero attached hydrogens (tertiary/aromatic N) is 3. The number of amides is 2. The van der Waals surface area contributed by atoms with E-state index in [-0.39, 0.29) is 56.3 Å². The molecule has 2 amide bonds. The molecule has 7 atom stereocenters. The summed E-state index contributed by atoms with van der Waals surface area (Å²) in [4.78, 5) is 32.6. The summed E-state index contributed by atoms with van der Waals surface area (Å²) >= 11 is 0. The number of likely N-dealkylation sites (tertiary alicyclic amines) is 1. The number of halogens is 3. The molecule has 2 aromatic rings. The Morgan fingerprint density at radius 1 is 0.864 bits per heavy atom. The first-order valence-electron chi connectivity index (χ1n) is 15.0. The van der Waals surface area contributed by atoms with Crippen LogP contribution < -0.4 is 5.32 Å². The first-order chi connectivity index (χ1) is 21.1. The van der Waals surface area contributed by atoms with Gasteiger partial charge in [0.1, 0.15) is 18.0 Å². The molecule has 0 radical (unpaired) electrons. The Hall–Kier alpha value is -3.07. The van der Waals surface area contributed by atoms with Crippen LogP contribution in [0.25, 0.3) is 0 Å². The van der Waals surface area contributed by atoms with Crippen LogP contribution in [0.1, 0.15) is 24.0 Å². The van der Waals surface area contributed by atoms with Crippen molar-refractivity contribution in [3.8, 4) is 0 Å². The fourth-order valence-corrected chi connectivity index (χ4v) is 6.76. The molecule has 44 heavy (non-hydrogen) atoms. The topological polar surface area (TPSA) is 115 Å². The SMILES string of the molecule is O=C1C[C@@H]2O[C@H](CN(Cc3ccc(F)c(F)c3)C[C@@H]3CN(CCO3)C(=O)[C@@H]3C[C@@H](CN3Cc3ccc(F)cc3)N1)[C@@H](O)[C@H]2O. The average molecular weight is 619 g/mol. The molecule has 4 fully saturated rings. The molecule has 0 aromatic heterocycles. The van der Waals surface area contributed by atoms with Crippen molar-refractivity contribution < 1.29 is 42.4 Å². The van der Waals surface area contributed by atoms with Gasteiger partial charge in [0, 0.05) is 51.9 Å². The molecular formula is C31H37F3N4O6. The average Bonchev–Trinajstić information content (AvgIpc) is 3.50. The van der Waals surface area contributed by atoms with Crippen molar-refractivity contribution in [3.63, 3.8) is 0 Å². The molecule has 10 nitrogen and oxygen atoms in total. The molecule has 4 aliphatic heterocycles. The standard InChI is InChI=1S/C31H37F3N4O6/c32-20-4-1-18(2-5-20)13-38-14-21-10-25(38)31(42)37-7-8-43-22(16-37)15-36(12-19-3-6-23(33)24(34)9-19)17-27-30(41)29(40)26(44-27)11-28(39)35-21/h1-6,9,21-22,25-27,29-30,40-41H,7-8,10-17H2,(H,35,39)/t21-,22+,25-,26-,27+,29-,30+/m0/s1. The highest BCUT2D eigenvalue weighted by Crippen LogP contribution is 2.28. The lowest BCUT2D eigenvalue weighted by Gasteiger charge is -2.38. The van der Waals surface area contributed by atoms with E-state index in [1.54, 1.807) is 17.0 Å². The van der Waals surface area contributed by atoms with Gasteiger partial charge >= 0.3 is 0 Å². The van der Waals surface area contributed by atoms with E-state index < -0.39 is 48.2 Å². The minimum Gasteiger partial charge on any atom is -0.388 e. The number of fused-ring (bicyclic) bond motifs is 6. The van der Waals surface area contributed by atoms with E-state index in [1.165, 1.54) is 18.2 Å². The zero-order chi connectivity index (χ0) is 31.0. The van der Waals surface area contributed by atoms with Gasteiger partial charge in [0.05, 0.1) is 37.4 Å². The first-order valence-corrected chi connectivity index (χ1v) is 15.0. The number of carbonyl (C=O) groups is 2. The van der Waals surface area contributed by atoms with Gasteiger partial charge in [0.25, 0.3) is 0 Å². The van der Waals surface area contributed by atoms with Gasteiger partial charge in [0.2, 0.25) is 11.8 Å². The minimum absolute atomic E-state index is 0.0920. The van der Waals surface area contributed by atoms with E-state index in [0.29, 0.717) is 38.2 Å².